The molecule has 0 radical (unpaired) electrons. The lowest BCUT2D eigenvalue weighted by molar-refractivity contribution is 0.0965. The molecule has 5 rings (SSSR count). The van der Waals surface area contributed by atoms with Crippen LogP contribution in [0.3, 0.4) is 0 Å². The van der Waals surface area contributed by atoms with Crippen LogP contribution in [0.2, 0.25) is 0 Å². The van der Waals surface area contributed by atoms with E-state index < -0.39 is 11.9 Å². The monoisotopic (exact) mass is 418 g/mol. The van der Waals surface area contributed by atoms with E-state index in [-0.39, 0.29) is 35.2 Å². The molecule has 1 amide bonds. The number of aliphatic hydroxyl groups is 1. The average Bonchev–Trinajstić information content (AvgIpc) is 3.47. The van der Waals surface area contributed by atoms with Gasteiger partial charge in [-0.3, -0.25) is 4.79 Å². The Bertz CT molecular complexity index is 1240. The van der Waals surface area contributed by atoms with Crippen LogP contribution >= 0.6 is 0 Å². The molecule has 2 atom stereocenters. The van der Waals surface area contributed by atoms with E-state index in [1.165, 1.54) is 18.2 Å². The quantitative estimate of drug-likeness (QED) is 0.674. The summed E-state index contributed by atoms with van der Waals surface area (Å²) in [5.74, 6) is -0.0213. The molecule has 1 aromatic carbocycles. The maximum atomic E-state index is 14.6. The summed E-state index contributed by atoms with van der Waals surface area (Å²) in [6.07, 6.45) is 1.31. The predicted molar refractivity (Wildman–Crippen MR) is 110 cm³/mol. The molecule has 1 unspecified atom stereocenters. The molecule has 8 nitrogen and oxygen atoms in total. The van der Waals surface area contributed by atoms with Gasteiger partial charge in [0.25, 0.3) is 5.91 Å². The summed E-state index contributed by atoms with van der Waals surface area (Å²) in [6, 6.07) is 9.68. The van der Waals surface area contributed by atoms with E-state index in [9.17, 15) is 19.6 Å². The van der Waals surface area contributed by atoms with E-state index >= 15 is 0 Å². The summed E-state index contributed by atoms with van der Waals surface area (Å²) in [5, 5.41) is 26.8. The Morgan fingerprint density at radius 3 is 2.87 bits per heavy atom. The molecule has 2 aliphatic heterocycles. The largest absolute Gasteiger partial charge is 0.391 e. The first-order valence-corrected chi connectivity index (χ1v) is 9.96. The van der Waals surface area contributed by atoms with E-state index in [1.807, 2.05) is 24.0 Å². The van der Waals surface area contributed by atoms with Crippen LogP contribution in [0.25, 0.3) is 16.9 Å². The highest BCUT2D eigenvalue weighted by Gasteiger charge is 2.31. The number of benzene rings is 1. The van der Waals surface area contributed by atoms with Crippen LogP contribution in [0, 0.1) is 23.1 Å². The Balaban J connectivity index is 1.64. The first kappa shape index (κ1) is 19.2. The Labute approximate surface area is 177 Å². The van der Waals surface area contributed by atoms with Crippen LogP contribution in [-0.4, -0.2) is 45.0 Å². The number of nitriles is 1. The third kappa shape index (κ3) is 3.12. The second-order valence-corrected chi connectivity index (χ2v) is 7.87. The van der Waals surface area contributed by atoms with Crippen molar-refractivity contribution in [3.63, 3.8) is 0 Å². The lowest BCUT2D eigenvalue weighted by Gasteiger charge is -2.14. The van der Waals surface area contributed by atoms with Crippen LogP contribution in [0.1, 0.15) is 28.5 Å². The predicted octanol–water partition coefficient (Wildman–Crippen LogP) is 2.01. The number of fused-ring (bicyclic) bond motifs is 1. The number of carbonyl (C=O) groups is 1. The molecule has 0 bridgehead atoms. The second kappa shape index (κ2) is 7.18. The number of nitrogens with zero attached hydrogens (tertiary/aromatic N) is 5. The van der Waals surface area contributed by atoms with Crippen LogP contribution in [0.4, 0.5) is 10.2 Å². The normalized spacial score (nSPS) is 19.9. The zero-order chi connectivity index (χ0) is 21.7. The SMILES string of the molecule is CC1CN(c2ccn(-c3cc(-c4c(F)cccc4C#N)nc4c3C(=O)NC4)n2)C[C@H]1O. The number of nitrogens with one attached hydrogen (secondary N) is 1. The van der Waals surface area contributed by atoms with E-state index in [0.717, 1.165) is 0 Å². The van der Waals surface area contributed by atoms with Gasteiger partial charge in [0.15, 0.2) is 5.82 Å². The summed E-state index contributed by atoms with van der Waals surface area (Å²) in [7, 11) is 0. The molecule has 1 saturated heterocycles. The fraction of sp³-hybridized carbons (Fsp3) is 0.273. The number of rotatable bonds is 3. The molecule has 9 heteroatoms. The van der Waals surface area contributed by atoms with E-state index in [4.69, 9.17) is 0 Å². The highest BCUT2D eigenvalue weighted by Crippen LogP contribution is 2.32. The van der Waals surface area contributed by atoms with Crippen LogP contribution < -0.4 is 10.2 Å². The minimum atomic E-state index is -0.559. The van der Waals surface area contributed by atoms with Crippen molar-refractivity contribution in [1.29, 1.82) is 5.26 Å². The summed E-state index contributed by atoms with van der Waals surface area (Å²) in [4.78, 5) is 18.9. The van der Waals surface area contributed by atoms with Crippen molar-refractivity contribution < 1.29 is 14.3 Å². The molecule has 1 fully saturated rings. The number of amides is 1. The topological polar surface area (TPSA) is 107 Å². The van der Waals surface area contributed by atoms with Gasteiger partial charge in [0, 0.05) is 31.3 Å². The molecule has 2 aliphatic rings. The first-order chi connectivity index (χ1) is 15.0. The summed E-state index contributed by atoms with van der Waals surface area (Å²) >= 11 is 0. The van der Waals surface area contributed by atoms with Crippen LogP contribution in [0.15, 0.2) is 36.5 Å². The molecule has 3 aromatic rings. The van der Waals surface area contributed by atoms with Crippen molar-refractivity contribution in [1.82, 2.24) is 20.1 Å². The van der Waals surface area contributed by atoms with Gasteiger partial charge in [-0.25, -0.2) is 14.1 Å². The van der Waals surface area contributed by atoms with Gasteiger partial charge in [-0.05, 0) is 18.2 Å². The smallest absolute Gasteiger partial charge is 0.255 e. The number of hydrogen-bond donors (Lipinski definition) is 2. The maximum absolute atomic E-state index is 14.6. The van der Waals surface area contributed by atoms with Crippen molar-refractivity contribution in [2.24, 2.45) is 5.92 Å². The number of anilines is 1. The average molecular weight is 418 g/mol. The molecule has 156 valence electrons. The maximum Gasteiger partial charge on any atom is 0.255 e. The molecule has 0 spiro atoms. The minimum absolute atomic E-state index is 0.0947. The number of β-amino-alcohol motifs (C(OH)–C–C–N with tert-alkyl or cyclic N) is 1. The van der Waals surface area contributed by atoms with Gasteiger partial charge in [0.1, 0.15) is 5.82 Å². The summed E-state index contributed by atoms with van der Waals surface area (Å²) in [6.45, 7) is 3.36. The Hall–Kier alpha value is -3.77. The Kier molecular flexibility index (Phi) is 4.45. The van der Waals surface area contributed by atoms with Crippen molar-refractivity contribution >= 4 is 11.7 Å². The minimum Gasteiger partial charge on any atom is -0.391 e. The van der Waals surface area contributed by atoms with Crippen LogP contribution in [-0.2, 0) is 6.54 Å². The Morgan fingerprint density at radius 1 is 1.29 bits per heavy atom. The molecule has 2 N–H and O–H groups in total. The lowest BCUT2D eigenvalue weighted by atomic mass is 10.0. The van der Waals surface area contributed by atoms with Crippen molar-refractivity contribution in [3.8, 4) is 23.0 Å². The number of pyridine rings is 1. The van der Waals surface area contributed by atoms with Crippen molar-refractivity contribution in [2.75, 3.05) is 18.0 Å². The van der Waals surface area contributed by atoms with Gasteiger partial charge in [-0.2, -0.15) is 10.4 Å². The van der Waals surface area contributed by atoms with Gasteiger partial charge in [0.05, 0.1) is 52.5 Å². The third-order valence-electron chi connectivity index (χ3n) is 5.83. The van der Waals surface area contributed by atoms with Gasteiger partial charge < -0.3 is 15.3 Å². The van der Waals surface area contributed by atoms with Crippen molar-refractivity contribution in [2.45, 2.75) is 19.6 Å². The molecular formula is C22H19FN6O2. The molecule has 31 heavy (non-hydrogen) atoms. The van der Waals surface area contributed by atoms with Gasteiger partial charge in [0.2, 0.25) is 0 Å². The lowest BCUT2D eigenvalue weighted by Crippen LogP contribution is -2.21. The molecule has 0 saturated carbocycles. The molecule has 0 aliphatic carbocycles. The fourth-order valence-electron chi connectivity index (χ4n) is 4.15. The number of halogens is 1. The zero-order valence-corrected chi connectivity index (χ0v) is 16.7. The van der Waals surface area contributed by atoms with E-state index in [1.54, 1.807) is 16.9 Å². The Morgan fingerprint density at radius 2 is 2.13 bits per heavy atom. The molecule has 2 aromatic heterocycles. The number of carbonyl (C=O) groups excluding carboxylic acids is 1. The number of aromatic nitrogens is 3. The second-order valence-electron chi connectivity index (χ2n) is 7.87. The van der Waals surface area contributed by atoms with Gasteiger partial charge >= 0.3 is 0 Å². The first-order valence-electron chi connectivity index (χ1n) is 9.96. The molecule has 4 heterocycles. The third-order valence-corrected chi connectivity index (χ3v) is 5.83. The summed E-state index contributed by atoms with van der Waals surface area (Å²) in [5.41, 5.74) is 1.84. The zero-order valence-electron chi connectivity index (χ0n) is 16.7. The fourth-order valence-corrected chi connectivity index (χ4v) is 4.15. The van der Waals surface area contributed by atoms with E-state index in [2.05, 4.69) is 15.4 Å². The van der Waals surface area contributed by atoms with E-state index in [0.29, 0.717) is 35.9 Å². The molecular weight excluding hydrogens is 399 g/mol. The van der Waals surface area contributed by atoms with Gasteiger partial charge in [-0.15, -0.1) is 0 Å². The number of aliphatic hydroxyl groups excluding tert-OH is 1. The highest BCUT2D eigenvalue weighted by molar-refractivity contribution is 6.01. The van der Waals surface area contributed by atoms with Crippen LogP contribution in [0.5, 0.6) is 0 Å². The van der Waals surface area contributed by atoms with Gasteiger partial charge in [-0.1, -0.05) is 13.0 Å². The standard InChI is InChI=1S/C22H19FN6O2/c1-12-10-28(11-18(12)30)19-5-6-29(27-19)17-7-15(26-16-9-25-22(31)21(16)17)20-13(8-24)3-2-4-14(20)23/h2-7,12,18,30H,9-11H2,1H3,(H,25,31)/t12?,18-/m1/s1. The number of hydrogen-bond acceptors (Lipinski definition) is 6. The highest BCUT2D eigenvalue weighted by atomic mass is 19.1. The summed E-state index contributed by atoms with van der Waals surface area (Å²) < 4.78 is 16.2. The van der Waals surface area contributed by atoms with Crippen molar-refractivity contribution in [3.05, 3.63) is 59.2 Å².